The number of benzene rings is 2. The number of aromatic nitrogens is 1. The second-order valence-electron chi connectivity index (χ2n) is 9.17. The molecule has 0 N–H and O–H groups in total. The van der Waals surface area contributed by atoms with Gasteiger partial charge in [-0.15, -0.1) is 12.4 Å². The normalized spacial score (nSPS) is 11.6. The van der Waals surface area contributed by atoms with E-state index in [1.807, 2.05) is 25.1 Å². The number of amides is 1. The average molecular weight is 631 g/mol. The van der Waals surface area contributed by atoms with Crippen LogP contribution >= 0.6 is 23.7 Å². The zero-order chi connectivity index (χ0) is 29.3. The highest BCUT2D eigenvalue weighted by atomic mass is 35.5. The molecule has 0 fully saturated rings. The van der Waals surface area contributed by atoms with E-state index in [0.717, 1.165) is 11.2 Å². The summed E-state index contributed by atoms with van der Waals surface area (Å²) in [5, 5.41) is 0.503. The summed E-state index contributed by atoms with van der Waals surface area (Å²) in [6.07, 6.45) is 0.712. The van der Waals surface area contributed by atoms with E-state index in [1.165, 1.54) is 54.1 Å². The van der Waals surface area contributed by atoms with Crippen LogP contribution in [0.4, 0.5) is 5.13 Å². The van der Waals surface area contributed by atoms with Gasteiger partial charge >= 0.3 is 0 Å². The van der Waals surface area contributed by atoms with Crippen LogP contribution in [0.1, 0.15) is 16.8 Å². The van der Waals surface area contributed by atoms with Gasteiger partial charge in [-0.05, 0) is 63.5 Å². The van der Waals surface area contributed by atoms with Crippen molar-refractivity contribution in [3.8, 4) is 11.5 Å². The number of carbonyl (C=O) groups is 1. The summed E-state index contributed by atoms with van der Waals surface area (Å²) in [4.78, 5) is 22.3. The number of nitrogens with zero attached hydrogens (tertiary/aromatic N) is 4. The SMILES string of the molecule is COCCN(CCOC)S(=O)(=O)c1ccc(C(=O)N(CCCN(C)C)c2nc3c(OC)ccc(OC)c3s2)cc1.Cl. The molecule has 11 nitrogen and oxygen atoms in total. The largest absolute Gasteiger partial charge is 0.495 e. The summed E-state index contributed by atoms with van der Waals surface area (Å²) < 4.78 is 49.8. The molecule has 0 aliphatic carbocycles. The molecule has 14 heteroatoms. The van der Waals surface area contributed by atoms with E-state index in [1.54, 1.807) is 25.2 Å². The van der Waals surface area contributed by atoms with Crippen molar-refractivity contribution in [2.24, 2.45) is 0 Å². The fourth-order valence-electron chi connectivity index (χ4n) is 4.03. The Morgan fingerprint density at radius 3 is 1.98 bits per heavy atom. The first kappa shape index (κ1) is 34.7. The van der Waals surface area contributed by atoms with Gasteiger partial charge in [0.25, 0.3) is 5.91 Å². The minimum atomic E-state index is -3.81. The van der Waals surface area contributed by atoms with E-state index >= 15 is 0 Å². The first-order valence-electron chi connectivity index (χ1n) is 12.7. The minimum absolute atomic E-state index is 0. The Labute approximate surface area is 252 Å². The number of hydrogen-bond donors (Lipinski definition) is 0. The van der Waals surface area contributed by atoms with Crippen molar-refractivity contribution < 1.29 is 32.2 Å². The Balaban J connectivity index is 0.00000588. The van der Waals surface area contributed by atoms with Crippen LogP contribution in [0, 0.1) is 0 Å². The Morgan fingerprint density at radius 1 is 0.854 bits per heavy atom. The van der Waals surface area contributed by atoms with Crippen molar-refractivity contribution in [2.45, 2.75) is 11.3 Å². The first-order valence-corrected chi connectivity index (χ1v) is 15.0. The molecule has 2 aromatic carbocycles. The molecule has 0 unspecified atom stereocenters. The summed E-state index contributed by atoms with van der Waals surface area (Å²) in [5.41, 5.74) is 0.961. The molecule has 3 aromatic rings. The third-order valence-corrected chi connectivity index (χ3v) is 9.20. The number of fused-ring (bicyclic) bond motifs is 1. The summed E-state index contributed by atoms with van der Waals surface area (Å²) in [6.45, 7) is 2.07. The monoisotopic (exact) mass is 630 g/mol. The fraction of sp³-hybridized carbons (Fsp3) is 0.481. The summed E-state index contributed by atoms with van der Waals surface area (Å²) in [5.74, 6) is 0.941. The standard InChI is InChI=1S/C27H38N4O7S2.ClH/c1-29(2)14-7-15-31(27-28-24-22(37-5)12-13-23(38-6)25(24)39-27)26(32)20-8-10-21(11-9-20)40(33,34)30(16-18-35-3)17-19-36-4;/h8-13H,7,14-19H2,1-6H3;1H. The molecule has 0 saturated heterocycles. The van der Waals surface area contributed by atoms with E-state index < -0.39 is 10.0 Å². The maximum atomic E-state index is 13.8. The predicted molar refractivity (Wildman–Crippen MR) is 164 cm³/mol. The van der Waals surface area contributed by atoms with E-state index in [0.29, 0.717) is 40.7 Å². The van der Waals surface area contributed by atoms with Crippen LogP contribution in [-0.4, -0.2) is 110 Å². The lowest BCUT2D eigenvalue weighted by atomic mass is 10.2. The molecule has 1 amide bonds. The van der Waals surface area contributed by atoms with Gasteiger partial charge in [0.2, 0.25) is 10.0 Å². The van der Waals surface area contributed by atoms with Gasteiger partial charge in [0.1, 0.15) is 21.7 Å². The molecule has 1 aromatic heterocycles. The third-order valence-electron chi connectivity index (χ3n) is 6.19. The molecule has 1 heterocycles. The summed E-state index contributed by atoms with van der Waals surface area (Å²) in [7, 11) is 6.33. The van der Waals surface area contributed by atoms with Crippen molar-refractivity contribution in [1.82, 2.24) is 14.2 Å². The second-order valence-corrected chi connectivity index (χ2v) is 12.1. The molecule has 0 radical (unpaired) electrons. The maximum absolute atomic E-state index is 13.8. The van der Waals surface area contributed by atoms with Crippen molar-refractivity contribution >= 4 is 55.0 Å². The number of anilines is 1. The topological polar surface area (TPSA) is 111 Å². The number of ether oxygens (including phenoxy) is 4. The molecule has 0 aliphatic heterocycles. The lowest BCUT2D eigenvalue weighted by Gasteiger charge is -2.22. The molecular weight excluding hydrogens is 592 g/mol. The second kappa shape index (κ2) is 16.2. The summed E-state index contributed by atoms with van der Waals surface area (Å²) >= 11 is 1.34. The van der Waals surface area contributed by atoms with Gasteiger partial charge in [0, 0.05) is 39.4 Å². The number of hydrogen-bond acceptors (Lipinski definition) is 10. The van der Waals surface area contributed by atoms with Crippen LogP contribution in [0.5, 0.6) is 11.5 Å². The lowest BCUT2D eigenvalue weighted by molar-refractivity contribution is 0.0986. The number of halogens is 1. The minimum Gasteiger partial charge on any atom is -0.495 e. The van der Waals surface area contributed by atoms with Gasteiger partial charge in [-0.3, -0.25) is 9.69 Å². The van der Waals surface area contributed by atoms with Gasteiger partial charge in [0.05, 0.1) is 32.3 Å². The highest BCUT2D eigenvalue weighted by Crippen LogP contribution is 2.40. The van der Waals surface area contributed by atoms with E-state index in [-0.39, 0.29) is 49.5 Å². The van der Waals surface area contributed by atoms with Gasteiger partial charge in [-0.1, -0.05) is 11.3 Å². The van der Waals surface area contributed by atoms with Crippen LogP contribution in [0.2, 0.25) is 0 Å². The molecule has 0 bridgehead atoms. The lowest BCUT2D eigenvalue weighted by Crippen LogP contribution is -2.36. The van der Waals surface area contributed by atoms with Crippen LogP contribution in [0.15, 0.2) is 41.3 Å². The highest BCUT2D eigenvalue weighted by molar-refractivity contribution is 7.89. The third kappa shape index (κ3) is 8.51. The Hall–Kier alpha value is -2.52. The molecule has 0 spiro atoms. The Morgan fingerprint density at radius 2 is 1.44 bits per heavy atom. The number of sulfonamides is 1. The molecule has 0 atom stereocenters. The quantitative estimate of drug-likeness (QED) is 0.234. The first-order chi connectivity index (χ1) is 19.2. The van der Waals surface area contributed by atoms with Crippen molar-refractivity contribution in [3.05, 3.63) is 42.0 Å². The summed E-state index contributed by atoms with van der Waals surface area (Å²) in [6, 6.07) is 9.57. The van der Waals surface area contributed by atoms with Crippen LogP contribution in [0.25, 0.3) is 10.2 Å². The number of rotatable bonds is 16. The molecule has 3 rings (SSSR count). The Bertz CT molecular complexity index is 1320. The van der Waals surface area contributed by atoms with Crippen LogP contribution < -0.4 is 14.4 Å². The zero-order valence-corrected chi connectivity index (χ0v) is 26.7. The van der Waals surface area contributed by atoms with Crippen molar-refractivity contribution in [1.29, 1.82) is 0 Å². The van der Waals surface area contributed by atoms with Gasteiger partial charge in [0.15, 0.2) is 5.13 Å². The maximum Gasteiger partial charge on any atom is 0.260 e. The highest BCUT2D eigenvalue weighted by Gasteiger charge is 2.27. The number of carbonyl (C=O) groups excluding carboxylic acids is 1. The average Bonchev–Trinajstić information content (AvgIpc) is 3.39. The smallest absolute Gasteiger partial charge is 0.260 e. The van der Waals surface area contributed by atoms with Gasteiger partial charge < -0.3 is 23.8 Å². The predicted octanol–water partition coefficient (Wildman–Crippen LogP) is 3.62. The molecule has 0 saturated carbocycles. The van der Waals surface area contributed by atoms with E-state index in [4.69, 9.17) is 23.9 Å². The van der Waals surface area contributed by atoms with Gasteiger partial charge in [-0.25, -0.2) is 13.4 Å². The number of thiazole rings is 1. The molecular formula is C27H39ClN4O7S2. The van der Waals surface area contributed by atoms with E-state index in [9.17, 15) is 13.2 Å². The Kier molecular flexibility index (Phi) is 13.7. The van der Waals surface area contributed by atoms with Crippen LogP contribution in [0.3, 0.4) is 0 Å². The fourth-order valence-corrected chi connectivity index (χ4v) is 6.54. The molecule has 228 valence electrons. The van der Waals surface area contributed by atoms with Crippen molar-refractivity contribution in [3.63, 3.8) is 0 Å². The number of methoxy groups -OCH3 is 4. The molecule has 41 heavy (non-hydrogen) atoms. The van der Waals surface area contributed by atoms with Crippen molar-refractivity contribution in [2.75, 3.05) is 86.8 Å². The zero-order valence-electron chi connectivity index (χ0n) is 24.3. The van der Waals surface area contributed by atoms with Crippen LogP contribution in [-0.2, 0) is 19.5 Å². The van der Waals surface area contributed by atoms with E-state index in [2.05, 4.69) is 0 Å². The molecule has 0 aliphatic rings. The van der Waals surface area contributed by atoms with Gasteiger partial charge in [-0.2, -0.15) is 4.31 Å².